The van der Waals surface area contributed by atoms with E-state index >= 15 is 0 Å². The Morgan fingerprint density at radius 2 is 2.00 bits per heavy atom. The van der Waals surface area contributed by atoms with Crippen molar-refractivity contribution in [3.05, 3.63) is 35.9 Å². The Morgan fingerprint density at radius 1 is 1.36 bits per heavy atom. The van der Waals surface area contributed by atoms with Gasteiger partial charge in [0.15, 0.2) is 0 Å². The molecule has 1 amide bonds. The standard InChI is InChI=1S/C14H16FNO5S/c15-22(20,21)9-11-7-13(17)16(8-11)12(14(18)19)6-10-4-2-1-3-5-10/h1-5,11-12H,6-9H2,(H,18,19)/t11?,12-/m0/s1. The molecular formula is C14H16FNO5S. The van der Waals surface area contributed by atoms with Crippen molar-refractivity contribution in [2.75, 3.05) is 12.3 Å². The number of hydrogen-bond donors (Lipinski definition) is 1. The zero-order valence-corrected chi connectivity index (χ0v) is 12.5. The molecule has 1 aliphatic rings. The Hall–Kier alpha value is -1.96. The molecule has 0 aromatic heterocycles. The molecule has 120 valence electrons. The molecule has 1 aliphatic heterocycles. The van der Waals surface area contributed by atoms with Gasteiger partial charge in [0.2, 0.25) is 5.91 Å². The van der Waals surface area contributed by atoms with E-state index < -0.39 is 39.8 Å². The monoisotopic (exact) mass is 329 g/mol. The molecule has 0 saturated carbocycles. The highest BCUT2D eigenvalue weighted by molar-refractivity contribution is 7.86. The highest BCUT2D eigenvalue weighted by Gasteiger charge is 2.39. The summed E-state index contributed by atoms with van der Waals surface area (Å²) in [5, 5.41) is 9.35. The van der Waals surface area contributed by atoms with Gasteiger partial charge in [-0.3, -0.25) is 4.79 Å². The molecule has 0 spiro atoms. The third-order valence-corrected chi connectivity index (χ3v) is 4.48. The number of amides is 1. The summed E-state index contributed by atoms with van der Waals surface area (Å²) in [6.45, 7) is -0.0637. The number of carbonyl (C=O) groups excluding carboxylic acids is 1. The van der Waals surface area contributed by atoms with Gasteiger partial charge in [-0.2, -0.15) is 8.42 Å². The van der Waals surface area contributed by atoms with Crippen LogP contribution in [0.25, 0.3) is 0 Å². The van der Waals surface area contributed by atoms with E-state index in [0.717, 1.165) is 10.5 Å². The van der Waals surface area contributed by atoms with Crippen LogP contribution in [0.2, 0.25) is 0 Å². The van der Waals surface area contributed by atoms with Gasteiger partial charge in [-0.25, -0.2) is 4.79 Å². The van der Waals surface area contributed by atoms with E-state index in [4.69, 9.17) is 0 Å². The second-order valence-corrected chi connectivity index (χ2v) is 6.78. The van der Waals surface area contributed by atoms with Gasteiger partial charge in [0.05, 0.1) is 5.75 Å². The Balaban J connectivity index is 2.12. The number of aliphatic carboxylic acids is 1. The van der Waals surface area contributed by atoms with Crippen LogP contribution in [-0.4, -0.2) is 48.6 Å². The SMILES string of the molecule is O=C(O)[C@H](Cc1ccccc1)N1CC(CS(=O)(=O)F)CC1=O. The number of hydrogen-bond acceptors (Lipinski definition) is 4. The van der Waals surface area contributed by atoms with Gasteiger partial charge < -0.3 is 10.0 Å². The minimum atomic E-state index is -4.69. The third kappa shape index (κ3) is 4.27. The molecule has 8 heteroatoms. The molecule has 1 aromatic carbocycles. The summed E-state index contributed by atoms with van der Waals surface area (Å²) >= 11 is 0. The van der Waals surface area contributed by atoms with Crippen molar-refractivity contribution in [2.45, 2.75) is 18.9 Å². The van der Waals surface area contributed by atoms with Crippen LogP contribution < -0.4 is 0 Å². The highest BCUT2D eigenvalue weighted by atomic mass is 32.3. The van der Waals surface area contributed by atoms with Gasteiger partial charge in [0.1, 0.15) is 6.04 Å². The van der Waals surface area contributed by atoms with Crippen LogP contribution in [0.3, 0.4) is 0 Å². The molecule has 2 atom stereocenters. The number of benzene rings is 1. The van der Waals surface area contributed by atoms with Crippen molar-refractivity contribution in [3.63, 3.8) is 0 Å². The first kappa shape index (κ1) is 16.4. The zero-order chi connectivity index (χ0) is 16.3. The number of likely N-dealkylation sites (tertiary alicyclic amines) is 1. The van der Waals surface area contributed by atoms with Crippen LogP contribution in [0.5, 0.6) is 0 Å². The maximum Gasteiger partial charge on any atom is 0.326 e. The topological polar surface area (TPSA) is 91.8 Å². The molecule has 0 radical (unpaired) electrons. The largest absolute Gasteiger partial charge is 0.480 e. The molecule has 1 heterocycles. The molecule has 1 aromatic rings. The average Bonchev–Trinajstić information content (AvgIpc) is 2.75. The molecule has 0 bridgehead atoms. The predicted molar refractivity (Wildman–Crippen MR) is 76.3 cm³/mol. The lowest BCUT2D eigenvalue weighted by atomic mass is 10.0. The van der Waals surface area contributed by atoms with E-state index in [1.807, 2.05) is 0 Å². The lowest BCUT2D eigenvalue weighted by Gasteiger charge is -2.24. The van der Waals surface area contributed by atoms with Crippen LogP contribution in [0.15, 0.2) is 30.3 Å². The number of halogens is 1. The van der Waals surface area contributed by atoms with E-state index in [1.165, 1.54) is 0 Å². The lowest BCUT2D eigenvalue weighted by Crippen LogP contribution is -2.43. The van der Waals surface area contributed by atoms with Crippen molar-refractivity contribution >= 4 is 22.1 Å². The fraction of sp³-hybridized carbons (Fsp3) is 0.429. The minimum Gasteiger partial charge on any atom is -0.480 e. The fourth-order valence-electron chi connectivity index (χ4n) is 2.67. The Kier molecular flexibility index (Phi) is 4.80. The highest BCUT2D eigenvalue weighted by Crippen LogP contribution is 2.24. The molecule has 22 heavy (non-hydrogen) atoms. The van der Waals surface area contributed by atoms with E-state index in [-0.39, 0.29) is 19.4 Å². The molecule has 2 rings (SSSR count). The summed E-state index contributed by atoms with van der Waals surface area (Å²) < 4.78 is 34.1. The molecule has 1 unspecified atom stereocenters. The molecule has 1 saturated heterocycles. The molecule has 0 aliphatic carbocycles. The van der Waals surface area contributed by atoms with E-state index in [1.54, 1.807) is 30.3 Å². The van der Waals surface area contributed by atoms with Gasteiger partial charge in [0, 0.05) is 25.3 Å². The summed E-state index contributed by atoms with van der Waals surface area (Å²) in [6, 6.07) is 7.74. The van der Waals surface area contributed by atoms with E-state index in [9.17, 15) is 27.0 Å². The van der Waals surface area contributed by atoms with Gasteiger partial charge >= 0.3 is 16.2 Å². The normalized spacial score (nSPS) is 20.1. The van der Waals surface area contributed by atoms with E-state index in [2.05, 4.69) is 0 Å². The Bertz CT molecular complexity index is 661. The molecular weight excluding hydrogens is 313 g/mol. The van der Waals surface area contributed by atoms with Gasteiger partial charge in [-0.1, -0.05) is 30.3 Å². The number of carboxylic acid groups (broad SMARTS) is 1. The lowest BCUT2D eigenvalue weighted by molar-refractivity contribution is -0.148. The van der Waals surface area contributed by atoms with Crippen molar-refractivity contribution in [2.24, 2.45) is 5.92 Å². The van der Waals surface area contributed by atoms with Crippen LogP contribution >= 0.6 is 0 Å². The van der Waals surface area contributed by atoms with Crippen LogP contribution in [0.4, 0.5) is 3.89 Å². The maximum absolute atomic E-state index is 12.7. The van der Waals surface area contributed by atoms with Crippen molar-refractivity contribution in [3.8, 4) is 0 Å². The van der Waals surface area contributed by atoms with Gasteiger partial charge in [-0.05, 0) is 5.56 Å². The predicted octanol–water partition coefficient (Wildman–Crippen LogP) is 0.830. The van der Waals surface area contributed by atoms with Gasteiger partial charge in [-0.15, -0.1) is 3.89 Å². The average molecular weight is 329 g/mol. The summed E-state index contributed by atoms with van der Waals surface area (Å²) in [5.74, 6) is -3.09. The Labute approximate surface area is 127 Å². The zero-order valence-electron chi connectivity index (χ0n) is 11.7. The van der Waals surface area contributed by atoms with Crippen LogP contribution in [-0.2, 0) is 26.2 Å². The summed E-state index contributed by atoms with van der Waals surface area (Å²) in [4.78, 5) is 24.5. The first-order valence-corrected chi connectivity index (χ1v) is 8.30. The second-order valence-electron chi connectivity index (χ2n) is 5.37. The van der Waals surface area contributed by atoms with Crippen molar-refractivity contribution in [1.82, 2.24) is 4.90 Å². The maximum atomic E-state index is 12.7. The minimum absolute atomic E-state index is 0.0637. The number of carbonyl (C=O) groups is 2. The van der Waals surface area contributed by atoms with Crippen molar-refractivity contribution in [1.29, 1.82) is 0 Å². The quantitative estimate of drug-likeness (QED) is 0.781. The first-order valence-electron chi connectivity index (χ1n) is 6.75. The van der Waals surface area contributed by atoms with Crippen LogP contribution in [0.1, 0.15) is 12.0 Å². The second kappa shape index (κ2) is 6.43. The summed E-state index contributed by atoms with van der Waals surface area (Å²) in [7, 11) is -4.69. The Morgan fingerprint density at radius 3 is 2.55 bits per heavy atom. The third-order valence-electron chi connectivity index (χ3n) is 3.61. The fourth-order valence-corrected chi connectivity index (χ4v) is 3.46. The summed E-state index contributed by atoms with van der Waals surface area (Å²) in [6.07, 6.45) is -0.0290. The molecule has 1 N–H and O–H groups in total. The number of nitrogens with zero attached hydrogens (tertiary/aromatic N) is 1. The summed E-state index contributed by atoms with van der Waals surface area (Å²) in [5.41, 5.74) is 0.754. The van der Waals surface area contributed by atoms with E-state index in [0.29, 0.717) is 0 Å². The first-order chi connectivity index (χ1) is 10.3. The molecule has 1 fully saturated rings. The smallest absolute Gasteiger partial charge is 0.326 e. The van der Waals surface area contributed by atoms with Crippen molar-refractivity contribution < 1.29 is 27.0 Å². The number of rotatable bonds is 6. The van der Waals surface area contributed by atoms with Crippen LogP contribution in [0, 0.1) is 5.92 Å². The number of carboxylic acids is 1. The van der Waals surface area contributed by atoms with Gasteiger partial charge in [0.25, 0.3) is 0 Å². The molecule has 6 nitrogen and oxygen atoms in total.